The number of rotatable bonds is 5. The highest BCUT2D eigenvalue weighted by atomic mass is 35.5. The minimum Gasteiger partial charge on any atom is -0.480 e. The normalized spacial score (nSPS) is 12.6. The number of carbonyl (C=O) groups excluding carboxylic acids is 1. The fraction of sp³-hybridized carbons (Fsp3) is 0.500. The molecule has 0 fully saturated rings. The third kappa shape index (κ3) is 5.32. The molecule has 0 aliphatic carbocycles. The molecular formula is C16H21ClN2O6. The van der Waals surface area contributed by atoms with Gasteiger partial charge in [0.1, 0.15) is 17.3 Å². The van der Waals surface area contributed by atoms with Crippen molar-refractivity contribution in [2.45, 2.75) is 46.3 Å². The zero-order valence-corrected chi connectivity index (χ0v) is 15.4. The molecular weight excluding hydrogens is 352 g/mol. The second-order valence-corrected chi connectivity index (χ2v) is 7.20. The van der Waals surface area contributed by atoms with E-state index in [1.165, 1.54) is 12.1 Å². The van der Waals surface area contributed by atoms with Crippen LogP contribution >= 0.6 is 11.6 Å². The molecule has 1 atom stereocenters. The van der Waals surface area contributed by atoms with Crippen molar-refractivity contribution >= 4 is 35.0 Å². The zero-order chi connectivity index (χ0) is 19.5. The molecule has 1 N–H and O–H groups in total. The van der Waals surface area contributed by atoms with Crippen LogP contribution in [-0.2, 0) is 9.53 Å². The van der Waals surface area contributed by atoms with Gasteiger partial charge in [-0.05, 0) is 38.8 Å². The second kappa shape index (κ2) is 7.69. The van der Waals surface area contributed by atoms with Crippen molar-refractivity contribution in [2.24, 2.45) is 5.92 Å². The van der Waals surface area contributed by atoms with Crippen LogP contribution in [0, 0.1) is 16.0 Å². The highest BCUT2D eigenvalue weighted by Gasteiger charge is 2.39. The molecule has 1 unspecified atom stereocenters. The monoisotopic (exact) mass is 372 g/mol. The first-order valence-electron chi connectivity index (χ1n) is 7.54. The van der Waals surface area contributed by atoms with E-state index in [2.05, 4.69) is 0 Å². The number of anilines is 1. The van der Waals surface area contributed by atoms with Crippen LogP contribution in [0.2, 0.25) is 5.02 Å². The molecule has 8 nitrogen and oxygen atoms in total. The molecule has 0 heterocycles. The third-order valence-corrected chi connectivity index (χ3v) is 3.38. The molecule has 0 saturated heterocycles. The van der Waals surface area contributed by atoms with Crippen LogP contribution in [0.4, 0.5) is 16.2 Å². The third-order valence-electron chi connectivity index (χ3n) is 3.15. The van der Waals surface area contributed by atoms with Gasteiger partial charge in [-0.1, -0.05) is 25.4 Å². The van der Waals surface area contributed by atoms with Crippen molar-refractivity contribution < 1.29 is 24.4 Å². The quantitative estimate of drug-likeness (QED) is 0.615. The highest BCUT2D eigenvalue weighted by Crippen LogP contribution is 2.35. The molecule has 9 heteroatoms. The first kappa shape index (κ1) is 20.7. The lowest BCUT2D eigenvalue weighted by Gasteiger charge is -2.33. The lowest BCUT2D eigenvalue weighted by Crippen LogP contribution is -2.50. The number of aliphatic carboxylic acids is 1. The smallest absolute Gasteiger partial charge is 0.415 e. The van der Waals surface area contributed by atoms with Gasteiger partial charge < -0.3 is 9.84 Å². The standard InChI is InChI=1S/C16H21ClN2O6/c1-9(2)13(14(20)21)18(15(22)25-16(3,4)5)12-8-10(17)6-7-11(12)19(23)24/h6-9,13H,1-5H3,(H,20,21). The predicted octanol–water partition coefficient (Wildman–Crippen LogP) is 4.10. The molecule has 0 aromatic heterocycles. The zero-order valence-electron chi connectivity index (χ0n) is 14.6. The summed E-state index contributed by atoms with van der Waals surface area (Å²) in [5, 5.41) is 21.0. The van der Waals surface area contributed by atoms with E-state index in [-0.39, 0.29) is 10.7 Å². The number of hydrogen-bond donors (Lipinski definition) is 1. The summed E-state index contributed by atoms with van der Waals surface area (Å²) in [7, 11) is 0. The maximum atomic E-state index is 12.7. The summed E-state index contributed by atoms with van der Waals surface area (Å²) in [6.45, 7) is 8.01. The largest absolute Gasteiger partial charge is 0.480 e. The summed E-state index contributed by atoms with van der Waals surface area (Å²) in [5.41, 5.74) is -1.59. The van der Waals surface area contributed by atoms with Crippen molar-refractivity contribution in [2.75, 3.05) is 4.90 Å². The van der Waals surface area contributed by atoms with Gasteiger partial charge in [-0.2, -0.15) is 0 Å². The lowest BCUT2D eigenvalue weighted by molar-refractivity contribution is -0.384. The first-order valence-corrected chi connectivity index (χ1v) is 7.92. The van der Waals surface area contributed by atoms with Crippen molar-refractivity contribution in [1.82, 2.24) is 0 Å². The van der Waals surface area contributed by atoms with Crippen molar-refractivity contribution in [3.8, 4) is 0 Å². The van der Waals surface area contributed by atoms with Gasteiger partial charge in [-0.3, -0.25) is 15.0 Å². The van der Waals surface area contributed by atoms with Crippen molar-refractivity contribution in [3.05, 3.63) is 33.3 Å². The molecule has 1 aromatic carbocycles. The summed E-state index contributed by atoms with van der Waals surface area (Å²) in [6.07, 6.45) is -1.00. The Morgan fingerprint density at radius 3 is 2.28 bits per heavy atom. The molecule has 1 rings (SSSR count). The summed E-state index contributed by atoms with van der Waals surface area (Å²) in [4.78, 5) is 35.8. The Morgan fingerprint density at radius 2 is 1.88 bits per heavy atom. The van der Waals surface area contributed by atoms with Gasteiger partial charge in [-0.15, -0.1) is 0 Å². The number of nitro groups is 1. The molecule has 0 radical (unpaired) electrons. The van der Waals surface area contributed by atoms with Gasteiger partial charge >= 0.3 is 12.1 Å². The predicted molar refractivity (Wildman–Crippen MR) is 93.1 cm³/mol. The molecule has 25 heavy (non-hydrogen) atoms. The molecule has 0 bridgehead atoms. The van der Waals surface area contributed by atoms with E-state index >= 15 is 0 Å². The molecule has 1 aromatic rings. The first-order chi connectivity index (χ1) is 11.3. The van der Waals surface area contributed by atoms with Gasteiger partial charge in [-0.25, -0.2) is 9.59 Å². The van der Waals surface area contributed by atoms with Crippen LogP contribution in [-0.4, -0.2) is 33.7 Å². The van der Waals surface area contributed by atoms with E-state index in [9.17, 15) is 24.8 Å². The topological polar surface area (TPSA) is 110 Å². The average molecular weight is 373 g/mol. The van der Waals surface area contributed by atoms with Crippen LogP contribution in [0.5, 0.6) is 0 Å². The second-order valence-electron chi connectivity index (χ2n) is 6.77. The van der Waals surface area contributed by atoms with E-state index in [0.717, 1.165) is 11.0 Å². The van der Waals surface area contributed by atoms with Crippen LogP contribution in [0.1, 0.15) is 34.6 Å². The van der Waals surface area contributed by atoms with E-state index < -0.39 is 40.2 Å². The van der Waals surface area contributed by atoms with Crippen LogP contribution in [0.25, 0.3) is 0 Å². The molecule has 0 saturated carbocycles. The fourth-order valence-electron chi connectivity index (χ4n) is 2.21. The summed E-state index contributed by atoms with van der Waals surface area (Å²) in [6, 6.07) is 2.23. The number of halogens is 1. The Labute approximate surface area is 150 Å². The van der Waals surface area contributed by atoms with Crippen LogP contribution in [0.3, 0.4) is 0 Å². The maximum Gasteiger partial charge on any atom is 0.415 e. The van der Waals surface area contributed by atoms with Crippen molar-refractivity contribution in [3.63, 3.8) is 0 Å². The summed E-state index contributed by atoms with van der Waals surface area (Å²) >= 11 is 5.92. The van der Waals surface area contributed by atoms with Crippen LogP contribution in [0.15, 0.2) is 18.2 Å². The summed E-state index contributed by atoms with van der Waals surface area (Å²) in [5.74, 6) is -1.85. The Hall–Kier alpha value is -2.35. The number of nitrogens with zero attached hydrogens (tertiary/aromatic N) is 2. The number of hydrogen-bond acceptors (Lipinski definition) is 5. The van der Waals surface area contributed by atoms with Gasteiger partial charge in [0.25, 0.3) is 5.69 Å². The van der Waals surface area contributed by atoms with Gasteiger partial charge in [0.2, 0.25) is 0 Å². The van der Waals surface area contributed by atoms with Crippen molar-refractivity contribution in [1.29, 1.82) is 0 Å². The minimum absolute atomic E-state index is 0.127. The number of carboxylic acid groups (broad SMARTS) is 1. The Kier molecular flexibility index (Phi) is 6.37. The van der Waals surface area contributed by atoms with E-state index in [1.54, 1.807) is 34.6 Å². The Balaban J connectivity index is 3.62. The Bertz CT molecular complexity index is 684. The van der Waals surface area contributed by atoms with E-state index in [0.29, 0.717) is 0 Å². The number of amides is 1. The average Bonchev–Trinajstić information content (AvgIpc) is 2.40. The number of benzene rings is 1. The Morgan fingerprint density at radius 1 is 1.32 bits per heavy atom. The molecule has 0 aliphatic rings. The maximum absolute atomic E-state index is 12.7. The SMILES string of the molecule is CC(C)C(C(=O)O)N(C(=O)OC(C)(C)C)c1cc(Cl)ccc1[N+](=O)[O-]. The van der Waals surface area contributed by atoms with Crippen LogP contribution < -0.4 is 4.90 Å². The molecule has 0 spiro atoms. The van der Waals surface area contributed by atoms with Gasteiger partial charge in [0.05, 0.1) is 4.92 Å². The van der Waals surface area contributed by atoms with E-state index in [1.807, 2.05) is 0 Å². The number of carboxylic acids is 1. The molecule has 0 aliphatic heterocycles. The van der Waals surface area contributed by atoms with E-state index in [4.69, 9.17) is 16.3 Å². The number of nitro benzene ring substituents is 1. The van der Waals surface area contributed by atoms with Gasteiger partial charge in [0.15, 0.2) is 0 Å². The number of ether oxygens (including phenoxy) is 1. The van der Waals surface area contributed by atoms with Gasteiger partial charge in [0, 0.05) is 11.1 Å². The summed E-state index contributed by atoms with van der Waals surface area (Å²) < 4.78 is 5.27. The highest BCUT2D eigenvalue weighted by molar-refractivity contribution is 6.31. The fourth-order valence-corrected chi connectivity index (χ4v) is 2.38. The number of carbonyl (C=O) groups is 2. The molecule has 1 amide bonds. The minimum atomic E-state index is -1.37. The molecule has 138 valence electrons. The lowest BCUT2D eigenvalue weighted by atomic mass is 10.0.